The molecule has 1 aromatic rings. The van der Waals surface area contributed by atoms with Crippen molar-refractivity contribution in [3.8, 4) is 5.75 Å². The Morgan fingerprint density at radius 1 is 1.08 bits per heavy atom. The molecule has 0 aliphatic rings. The number of carbonyl (C=O) groups excluding carboxylic acids is 1. The van der Waals surface area contributed by atoms with E-state index >= 15 is 0 Å². The van der Waals surface area contributed by atoms with E-state index in [-0.39, 0.29) is 29.9 Å². The number of esters is 1. The van der Waals surface area contributed by atoms with Crippen molar-refractivity contribution >= 4 is 35.9 Å². The third-order valence-corrected chi connectivity index (χ3v) is 3.42. The van der Waals surface area contributed by atoms with Gasteiger partial charge in [0.05, 0.1) is 14.2 Å². The molecule has 0 atom stereocenters. The van der Waals surface area contributed by atoms with Crippen LogP contribution in [0.1, 0.15) is 31.2 Å². The first kappa shape index (κ1) is 22.5. The van der Waals surface area contributed by atoms with Gasteiger partial charge in [-0.1, -0.05) is 18.6 Å². The number of halogens is 1. The van der Waals surface area contributed by atoms with Gasteiger partial charge < -0.3 is 20.1 Å². The number of rotatable bonds is 9. The third-order valence-electron chi connectivity index (χ3n) is 3.42. The van der Waals surface area contributed by atoms with Gasteiger partial charge in [0.2, 0.25) is 0 Å². The molecule has 0 aliphatic carbocycles. The summed E-state index contributed by atoms with van der Waals surface area (Å²) in [6.07, 6.45) is 3.31. The van der Waals surface area contributed by atoms with Gasteiger partial charge in [-0.2, -0.15) is 0 Å². The molecule has 136 valence electrons. The van der Waals surface area contributed by atoms with Gasteiger partial charge in [0.25, 0.3) is 0 Å². The Balaban J connectivity index is 0.00000529. The number of unbranched alkanes of at least 4 members (excludes halogenated alkanes) is 2. The molecule has 1 aromatic carbocycles. The molecule has 6 nitrogen and oxygen atoms in total. The molecule has 0 radical (unpaired) electrons. The fraction of sp³-hybridized carbons (Fsp3) is 0.529. The van der Waals surface area contributed by atoms with Gasteiger partial charge in [-0.05, 0) is 30.5 Å². The molecule has 0 unspecified atom stereocenters. The Kier molecular flexibility index (Phi) is 13.0. The molecule has 0 spiro atoms. The summed E-state index contributed by atoms with van der Waals surface area (Å²) in [5, 5.41) is 6.53. The van der Waals surface area contributed by atoms with Crippen molar-refractivity contribution in [2.45, 2.75) is 32.2 Å². The lowest BCUT2D eigenvalue weighted by molar-refractivity contribution is -0.140. The van der Waals surface area contributed by atoms with E-state index in [9.17, 15) is 4.79 Å². The Labute approximate surface area is 161 Å². The normalized spacial score (nSPS) is 10.5. The smallest absolute Gasteiger partial charge is 0.305 e. The molecular weight excluding hydrogens is 421 g/mol. The fourth-order valence-corrected chi connectivity index (χ4v) is 2.03. The summed E-state index contributed by atoms with van der Waals surface area (Å²) in [7, 11) is 4.83. The fourth-order valence-electron chi connectivity index (χ4n) is 2.03. The maximum absolute atomic E-state index is 11.0. The first-order valence-corrected chi connectivity index (χ1v) is 7.84. The maximum atomic E-state index is 11.0. The summed E-state index contributed by atoms with van der Waals surface area (Å²) in [4.78, 5) is 15.2. The summed E-state index contributed by atoms with van der Waals surface area (Å²) in [6.45, 7) is 1.52. The van der Waals surface area contributed by atoms with Crippen LogP contribution < -0.4 is 15.4 Å². The number of methoxy groups -OCH3 is 2. The first-order valence-electron chi connectivity index (χ1n) is 7.84. The van der Waals surface area contributed by atoms with E-state index in [1.165, 1.54) is 7.11 Å². The van der Waals surface area contributed by atoms with Crippen molar-refractivity contribution in [1.29, 1.82) is 0 Å². The highest BCUT2D eigenvalue weighted by molar-refractivity contribution is 14.0. The molecule has 7 heteroatoms. The van der Waals surface area contributed by atoms with E-state index in [0.717, 1.165) is 43.1 Å². The largest absolute Gasteiger partial charge is 0.497 e. The average molecular weight is 449 g/mol. The van der Waals surface area contributed by atoms with Crippen LogP contribution >= 0.6 is 24.0 Å². The Hall–Kier alpha value is -1.51. The third kappa shape index (κ3) is 9.59. The van der Waals surface area contributed by atoms with Crippen LogP contribution in [0.25, 0.3) is 0 Å². The standard InChI is InChI=1S/C17H27N3O3.HI/c1-18-17(19-12-6-4-5-7-16(21)23-3)20-13-14-8-10-15(22-2)11-9-14;/h8-11H,4-7,12-13H2,1-3H3,(H2,18,19,20);1H. The van der Waals surface area contributed by atoms with Gasteiger partial charge in [0.1, 0.15) is 5.75 Å². The second-order valence-corrected chi connectivity index (χ2v) is 5.09. The Morgan fingerprint density at radius 3 is 2.38 bits per heavy atom. The number of carbonyl (C=O) groups is 1. The van der Waals surface area contributed by atoms with Crippen LogP contribution in [-0.2, 0) is 16.1 Å². The number of guanidine groups is 1. The van der Waals surface area contributed by atoms with E-state index in [1.54, 1.807) is 14.2 Å². The molecule has 1 rings (SSSR count). The quantitative estimate of drug-likeness (QED) is 0.200. The van der Waals surface area contributed by atoms with Gasteiger partial charge in [-0.15, -0.1) is 24.0 Å². The minimum atomic E-state index is -0.144. The van der Waals surface area contributed by atoms with Gasteiger partial charge in [0.15, 0.2) is 5.96 Å². The summed E-state index contributed by atoms with van der Waals surface area (Å²) < 4.78 is 9.75. The van der Waals surface area contributed by atoms with Crippen LogP contribution in [0, 0.1) is 0 Å². The lowest BCUT2D eigenvalue weighted by atomic mass is 10.2. The van der Waals surface area contributed by atoms with Gasteiger partial charge in [-0.3, -0.25) is 9.79 Å². The Bertz CT molecular complexity index is 492. The molecule has 0 amide bonds. The first-order chi connectivity index (χ1) is 11.2. The van der Waals surface area contributed by atoms with Crippen molar-refractivity contribution in [1.82, 2.24) is 10.6 Å². The molecule has 0 aromatic heterocycles. The molecule has 0 bridgehead atoms. The Morgan fingerprint density at radius 2 is 1.79 bits per heavy atom. The van der Waals surface area contributed by atoms with Gasteiger partial charge >= 0.3 is 5.97 Å². The van der Waals surface area contributed by atoms with Crippen molar-refractivity contribution in [2.75, 3.05) is 27.8 Å². The number of nitrogens with zero attached hydrogens (tertiary/aromatic N) is 1. The summed E-state index contributed by atoms with van der Waals surface area (Å²) in [6, 6.07) is 7.92. The topological polar surface area (TPSA) is 72.0 Å². The molecule has 0 aliphatic heterocycles. The highest BCUT2D eigenvalue weighted by Crippen LogP contribution is 2.10. The zero-order valence-electron chi connectivity index (χ0n) is 14.6. The minimum absolute atomic E-state index is 0. The highest BCUT2D eigenvalue weighted by atomic mass is 127. The van der Waals surface area contributed by atoms with E-state index < -0.39 is 0 Å². The number of nitrogens with one attached hydrogen (secondary N) is 2. The molecule has 2 N–H and O–H groups in total. The van der Waals surface area contributed by atoms with E-state index in [0.29, 0.717) is 13.0 Å². The predicted octanol–water partition coefficient (Wildman–Crippen LogP) is 2.71. The van der Waals surface area contributed by atoms with Crippen molar-refractivity contribution in [3.05, 3.63) is 29.8 Å². The van der Waals surface area contributed by atoms with Crippen LogP contribution in [0.15, 0.2) is 29.3 Å². The SMILES string of the molecule is CN=C(NCCCCCC(=O)OC)NCc1ccc(OC)cc1.I. The number of aliphatic imine (C=N–C) groups is 1. The lowest BCUT2D eigenvalue weighted by Gasteiger charge is -2.12. The van der Waals surface area contributed by atoms with Crippen LogP contribution in [0.2, 0.25) is 0 Å². The van der Waals surface area contributed by atoms with Crippen LogP contribution in [0.4, 0.5) is 0 Å². The second kappa shape index (κ2) is 13.9. The average Bonchev–Trinajstić information content (AvgIpc) is 2.60. The maximum Gasteiger partial charge on any atom is 0.305 e. The van der Waals surface area contributed by atoms with E-state index in [4.69, 9.17) is 4.74 Å². The zero-order chi connectivity index (χ0) is 16.9. The van der Waals surface area contributed by atoms with Crippen LogP contribution in [-0.4, -0.2) is 39.7 Å². The van der Waals surface area contributed by atoms with Crippen molar-refractivity contribution < 1.29 is 14.3 Å². The molecule has 0 saturated heterocycles. The molecule has 0 saturated carbocycles. The highest BCUT2D eigenvalue weighted by Gasteiger charge is 2.01. The number of ether oxygens (including phenoxy) is 2. The molecule has 24 heavy (non-hydrogen) atoms. The minimum Gasteiger partial charge on any atom is -0.497 e. The summed E-state index contributed by atoms with van der Waals surface area (Å²) >= 11 is 0. The van der Waals surface area contributed by atoms with Crippen LogP contribution in [0.5, 0.6) is 5.75 Å². The molecule has 0 heterocycles. The van der Waals surface area contributed by atoms with Crippen LogP contribution in [0.3, 0.4) is 0 Å². The lowest BCUT2D eigenvalue weighted by Crippen LogP contribution is -2.37. The van der Waals surface area contributed by atoms with E-state index in [1.807, 2.05) is 24.3 Å². The molecular formula is C17H28IN3O3. The zero-order valence-corrected chi connectivity index (χ0v) is 17.0. The predicted molar refractivity (Wildman–Crippen MR) is 107 cm³/mol. The summed E-state index contributed by atoms with van der Waals surface area (Å²) in [5.41, 5.74) is 1.16. The molecule has 0 fully saturated rings. The van der Waals surface area contributed by atoms with Crippen molar-refractivity contribution in [2.24, 2.45) is 4.99 Å². The van der Waals surface area contributed by atoms with Gasteiger partial charge in [0, 0.05) is 26.6 Å². The number of hydrogen-bond acceptors (Lipinski definition) is 4. The second-order valence-electron chi connectivity index (χ2n) is 5.09. The number of hydrogen-bond donors (Lipinski definition) is 2. The van der Waals surface area contributed by atoms with E-state index in [2.05, 4.69) is 20.4 Å². The monoisotopic (exact) mass is 449 g/mol. The van der Waals surface area contributed by atoms with Gasteiger partial charge in [-0.25, -0.2) is 0 Å². The summed E-state index contributed by atoms with van der Waals surface area (Å²) in [5.74, 6) is 1.48. The van der Waals surface area contributed by atoms with Crippen molar-refractivity contribution in [3.63, 3.8) is 0 Å². The number of benzene rings is 1.